The lowest BCUT2D eigenvalue weighted by atomic mass is 10.1. The fourth-order valence-electron chi connectivity index (χ4n) is 2.09. The first-order valence-corrected chi connectivity index (χ1v) is 9.31. The maximum atomic E-state index is 5.96. The Morgan fingerprint density at radius 3 is 2.44 bits per heavy atom. The number of benzene rings is 1. The third kappa shape index (κ3) is 2.76. The van der Waals surface area contributed by atoms with Gasteiger partial charge in [-0.25, -0.2) is 0 Å². The lowest BCUT2D eigenvalue weighted by Crippen LogP contribution is -2.25. The van der Waals surface area contributed by atoms with Crippen molar-refractivity contribution >= 4 is 8.32 Å². The van der Waals surface area contributed by atoms with Gasteiger partial charge in [-0.2, -0.15) is 0 Å². The molecular formula is C14H20OSi. The van der Waals surface area contributed by atoms with Crippen LogP contribution in [-0.2, 0) is 4.43 Å². The van der Waals surface area contributed by atoms with Gasteiger partial charge in [-0.3, -0.25) is 0 Å². The molecule has 1 aromatic rings. The van der Waals surface area contributed by atoms with E-state index < -0.39 is 8.32 Å². The molecule has 2 heteroatoms. The van der Waals surface area contributed by atoms with Crippen LogP contribution in [0.15, 0.2) is 42.7 Å². The molecule has 1 nitrogen and oxygen atoms in total. The van der Waals surface area contributed by atoms with Crippen molar-refractivity contribution in [3.05, 3.63) is 48.2 Å². The lowest BCUT2D eigenvalue weighted by Gasteiger charge is -2.21. The van der Waals surface area contributed by atoms with Crippen LogP contribution in [0.25, 0.3) is 0 Å². The largest absolute Gasteiger partial charge is 0.548 e. The Morgan fingerprint density at radius 2 is 1.88 bits per heavy atom. The predicted octanol–water partition coefficient (Wildman–Crippen LogP) is 4.16. The van der Waals surface area contributed by atoms with Crippen LogP contribution in [0.4, 0.5) is 0 Å². The summed E-state index contributed by atoms with van der Waals surface area (Å²) in [7, 11) is -1.47. The molecule has 16 heavy (non-hydrogen) atoms. The Hall–Kier alpha value is -1.02. The molecular weight excluding hydrogens is 212 g/mol. The normalized spacial score (nSPS) is 23.9. The number of hydrogen-bond acceptors (Lipinski definition) is 1. The fraction of sp³-hybridized carbons (Fsp3) is 0.429. The molecule has 0 aliphatic heterocycles. The smallest absolute Gasteiger partial charge is 0.241 e. The van der Waals surface area contributed by atoms with E-state index in [0.717, 1.165) is 5.76 Å². The SMILES string of the molecule is C=C(O[Si](C)(C)C)C1CC1c1ccccc1. The third-order valence-electron chi connectivity index (χ3n) is 2.87. The van der Waals surface area contributed by atoms with Crippen molar-refractivity contribution in [1.29, 1.82) is 0 Å². The molecule has 0 aromatic heterocycles. The van der Waals surface area contributed by atoms with Crippen LogP contribution in [-0.4, -0.2) is 8.32 Å². The van der Waals surface area contributed by atoms with Gasteiger partial charge in [0.1, 0.15) is 0 Å². The first-order chi connectivity index (χ1) is 7.47. The summed E-state index contributed by atoms with van der Waals surface area (Å²) in [4.78, 5) is 0. The zero-order valence-electron chi connectivity index (χ0n) is 10.4. The lowest BCUT2D eigenvalue weighted by molar-refractivity contribution is 0.391. The van der Waals surface area contributed by atoms with E-state index in [-0.39, 0.29) is 0 Å². The summed E-state index contributed by atoms with van der Waals surface area (Å²) in [6.07, 6.45) is 1.20. The molecule has 0 saturated heterocycles. The van der Waals surface area contributed by atoms with Gasteiger partial charge in [-0.1, -0.05) is 36.9 Å². The van der Waals surface area contributed by atoms with E-state index in [1.165, 1.54) is 12.0 Å². The highest BCUT2D eigenvalue weighted by Crippen LogP contribution is 2.51. The summed E-state index contributed by atoms with van der Waals surface area (Å²) in [6.45, 7) is 10.7. The quantitative estimate of drug-likeness (QED) is 0.559. The summed E-state index contributed by atoms with van der Waals surface area (Å²) < 4.78 is 5.96. The zero-order chi connectivity index (χ0) is 11.8. The predicted molar refractivity (Wildman–Crippen MR) is 70.9 cm³/mol. The number of rotatable bonds is 4. The van der Waals surface area contributed by atoms with Crippen molar-refractivity contribution < 1.29 is 4.43 Å². The molecule has 0 spiro atoms. The van der Waals surface area contributed by atoms with E-state index in [9.17, 15) is 0 Å². The minimum Gasteiger partial charge on any atom is -0.548 e. The topological polar surface area (TPSA) is 9.23 Å². The molecule has 2 rings (SSSR count). The van der Waals surface area contributed by atoms with Crippen LogP contribution in [0.2, 0.25) is 19.6 Å². The number of hydrogen-bond donors (Lipinski definition) is 0. The van der Waals surface area contributed by atoms with Gasteiger partial charge in [0.2, 0.25) is 8.32 Å². The van der Waals surface area contributed by atoms with E-state index in [0.29, 0.717) is 11.8 Å². The van der Waals surface area contributed by atoms with Crippen molar-refractivity contribution in [2.75, 3.05) is 0 Å². The first-order valence-electron chi connectivity index (χ1n) is 5.90. The van der Waals surface area contributed by atoms with Crippen molar-refractivity contribution in [3.63, 3.8) is 0 Å². The second kappa shape index (κ2) is 4.09. The van der Waals surface area contributed by atoms with Crippen molar-refractivity contribution in [2.24, 2.45) is 5.92 Å². The van der Waals surface area contributed by atoms with Gasteiger partial charge in [-0.15, -0.1) is 0 Å². The Bertz CT molecular complexity index is 377. The van der Waals surface area contributed by atoms with E-state index in [4.69, 9.17) is 4.43 Å². The van der Waals surface area contributed by atoms with Crippen molar-refractivity contribution in [1.82, 2.24) is 0 Å². The van der Waals surface area contributed by atoms with E-state index in [2.05, 4.69) is 56.6 Å². The van der Waals surface area contributed by atoms with Gasteiger partial charge < -0.3 is 4.43 Å². The van der Waals surface area contributed by atoms with Crippen molar-refractivity contribution in [2.45, 2.75) is 32.0 Å². The minimum atomic E-state index is -1.47. The highest BCUT2D eigenvalue weighted by Gasteiger charge is 2.42. The van der Waals surface area contributed by atoms with Gasteiger partial charge in [0.05, 0.1) is 5.76 Å². The molecule has 0 bridgehead atoms. The molecule has 0 radical (unpaired) electrons. The summed E-state index contributed by atoms with van der Waals surface area (Å²) in [5, 5.41) is 0. The third-order valence-corrected chi connectivity index (χ3v) is 3.74. The monoisotopic (exact) mass is 232 g/mol. The van der Waals surface area contributed by atoms with Gasteiger partial charge in [0, 0.05) is 5.92 Å². The Kier molecular flexibility index (Phi) is 2.93. The van der Waals surface area contributed by atoms with Gasteiger partial charge in [0.15, 0.2) is 0 Å². The molecule has 1 aliphatic carbocycles. The zero-order valence-corrected chi connectivity index (χ0v) is 11.4. The number of allylic oxidation sites excluding steroid dienone is 1. The Morgan fingerprint density at radius 1 is 1.25 bits per heavy atom. The molecule has 1 aromatic carbocycles. The van der Waals surface area contributed by atoms with Crippen LogP contribution in [0.3, 0.4) is 0 Å². The van der Waals surface area contributed by atoms with Crippen LogP contribution < -0.4 is 0 Å². The maximum absolute atomic E-state index is 5.96. The maximum Gasteiger partial charge on any atom is 0.241 e. The molecule has 1 saturated carbocycles. The van der Waals surface area contributed by atoms with Crippen molar-refractivity contribution in [3.8, 4) is 0 Å². The molecule has 2 unspecified atom stereocenters. The van der Waals surface area contributed by atoms with Gasteiger partial charge >= 0.3 is 0 Å². The van der Waals surface area contributed by atoms with E-state index >= 15 is 0 Å². The van der Waals surface area contributed by atoms with E-state index in [1.54, 1.807) is 0 Å². The van der Waals surface area contributed by atoms with Crippen LogP contribution in [0, 0.1) is 5.92 Å². The van der Waals surface area contributed by atoms with Gasteiger partial charge in [0.25, 0.3) is 0 Å². The summed E-state index contributed by atoms with van der Waals surface area (Å²) >= 11 is 0. The summed E-state index contributed by atoms with van der Waals surface area (Å²) in [5.74, 6) is 2.20. The standard InChI is InChI=1S/C14H20OSi/c1-11(15-16(2,3)4)13-10-14(13)12-8-6-5-7-9-12/h5-9,13-14H,1,10H2,2-4H3. The van der Waals surface area contributed by atoms with Crippen LogP contribution in [0.1, 0.15) is 17.9 Å². The molecule has 86 valence electrons. The molecule has 0 heterocycles. The highest BCUT2D eigenvalue weighted by molar-refractivity contribution is 6.70. The average molecular weight is 232 g/mol. The van der Waals surface area contributed by atoms with Crippen LogP contribution in [0.5, 0.6) is 0 Å². The second-order valence-electron chi connectivity index (χ2n) is 5.54. The summed E-state index contributed by atoms with van der Waals surface area (Å²) in [6, 6.07) is 10.7. The molecule has 2 atom stereocenters. The molecule has 1 aliphatic rings. The first kappa shape index (κ1) is 11.5. The second-order valence-corrected chi connectivity index (χ2v) is 9.97. The molecule has 0 N–H and O–H groups in total. The molecule has 1 fully saturated rings. The Balaban J connectivity index is 1.95. The Labute approximate surface area is 99.3 Å². The highest BCUT2D eigenvalue weighted by atomic mass is 28.4. The van der Waals surface area contributed by atoms with Crippen LogP contribution >= 0.6 is 0 Å². The fourth-order valence-corrected chi connectivity index (χ4v) is 3.03. The summed E-state index contributed by atoms with van der Waals surface area (Å²) in [5.41, 5.74) is 1.42. The van der Waals surface area contributed by atoms with Gasteiger partial charge in [-0.05, 0) is 37.5 Å². The minimum absolute atomic E-state index is 0.550. The molecule has 0 amide bonds. The van der Waals surface area contributed by atoms with E-state index in [1.807, 2.05) is 0 Å². The average Bonchev–Trinajstić information content (AvgIpc) is 2.96.